The number of aryl methyl sites for hydroxylation is 3. The molecule has 2 aromatic rings. The summed E-state index contributed by atoms with van der Waals surface area (Å²) in [7, 11) is 0. The lowest BCUT2D eigenvalue weighted by molar-refractivity contribution is 0.103. The minimum atomic E-state index is -0.460. The first-order valence-electron chi connectivity index (χ1n) is 6.71. The van der Waals surface area contributed by atoms with Crippen molar-refractivity contribution in [3.63, 3.8) is 0 Å². The smallest absolute Gasteiger partial charge is 0.196 e. The van der Waals surface area contributed by atoms with Crippen molar-refractivity contribution in [2.24, 2.45) is 0 Å². The summed E-state index contributed by atoms with van der Waals surface area (Å²) >= 11 is 0. The van der Waals surface area contributed by atoms with E-state index in [4.69, 9.17) is 0 Å². The van der Waals surface area contributed by atoms with E-state index in [0.717, 1.165) is 27.8 Å². The normalized spacial score (nSPS) is 10.7. The quantitative estimate of drug-likeness (QED) is 0.729. The number of ketones is 1. The molecular formula is C18H19FO. The van der Waals surface area contributed by atoms with Gasteiger partial charge in [0.1, 0.15) is 5.82 Å². The molecule has 0 heterocycles. The number of hydrogen-bond donors (Lipinski definition) is 0. The summed E-state index contributed by atoms with van der Waals surface area (Å²) in [5.74, 6) is -0.688. The van der Waals surface area contributed by atoms with Crippen LogP contribution in [0.1, 0.15) is 43.7 Å². The number of rotatable bonds is 2. The van der Waals surface area contributed by atoms with Crippen molar-refractivity contribution >= 4 is 5.78 Å². The summed E-state index contributed by atoms with van der Waals surface area (Å²) in [5.41, 5.74) is 5.65. The Morgan fingerprint density at radius 2 is 1.45 bits per heavy atom. The Kier molecular flexibility index (Phi) is 3.76. The Hall–Kier alpha value is -1.96. The highest BCUT2D eigenvalue weighted by Gasteiger charge is 2.20. The van der Waals surface area contributed by atoms with Crippen LogP contribution in [-0.2, 0) is 0 Å². The molecule has 2 aromatic carbocycles. The molecule has 0 radical (unpaired) electrons. The Morgan fingerprint density at radius 3 is 2.00 bits per heavy atom. The van der Waals surface area contributed by atoms with E-state index in [-0.39, 0.29) is 11.3 Å². The van der Waals surface area contributed by atoms with Gasteiger partial charge in [-0.1, -0.05) is 17.7 Å². The average Bonchev–Trinajstić information content (AvgIpc) is 2.39. The van der Waals surface area contributed by atoms with Gasteiger partial charge in [-0.05, 0) is 69.0 Å². The van der Waals surface area contributed by atoms with Crippen molar-refractivity contribution < 1.29 is 9.18 Å². The summed E-state index contributed by atoms with van der Waals surface area (Å²) in [6, 6.07) is 6.71. The van der Waals surface area contributed by atoms with Crippen LogP contribution < -0.4 is 0 Å². The number of halogens is 1. The van der Waals surface area contributed by atoms with E-state index in [1.165, 1.54) is 6.07 Å². The Balaban J connectivity index is 2.68. The van der Waals surface area contributed by atoms with Crippen LogP contribution in [0.15, 0.2) is 24.3 Å². The first kappa shape index (κ1) is 14.4. The molecular weight excluding hydrogens is 251 g/mol. The highest BCUT2D eigenvalue weighted by molar-refractivity contribution is 6.11. The van der Waals surface area contributed by atoms with Crippen LogP contribution in [0.2, 0.25) is 0 Å². The highest BCUT2D eigenvalue weighted by Crippen LogP contribution is 2.25. The zero-order valence-corrected chi connectivity index (χ0v) is 12.6. The van der Waals surface area contributed by atoms with Crippen molar-refractivity contribution in [1.29, 1.82) is 0 Å². The van der Waals surface area contributed by atoms with E-state index in [1.54, 1.807) is 12.1 Å². The molecule has 0 aliphatic carbocycles. The fraction of sp³-hybridized carbons (Fsp3) is 0.278. The van der Waals surface area contributed by atoms with Crippen LogP contribution in [0.4, 0.5) is 4.39 Å². The molecule has 0 aliphatic heterocycles. The van der Waals surface area contributed by atoms with Crippen LogP contribution in [0.3, 0.4) is 0 Å². The lowest BCUT2D eigenvalue weighted by atomic mass is 9.89. The average molecular weight is 270 g/mol. The second-order valence-electron chi connectivity index (χ2n) is 5.45. The van der Waals surface area contributed by atoms with Gasteiger partial charge in [0.2, 0.25) is 0 Å². The van der Waals surface area contributed by atoms with Crippen LogP contribution >= 0.6 is 0 Å². The molecule has 0 spiro atoms. The maximum atomic E-state index is 13.9. The van der Waals surface area contributed by atoms with Crippen LogP contribution in [0.5, 0.6) is 0 Å². The molecule has 0 saturated carbocycles. The third kappa shape index (κ3) is 2.38. The summed E-state index contributed by atoms with van der Waals surface area (Å²) in [6.07, 6.45) is 0. The fourth-order valence-corrected chi connectivity index (χ4v) is 2.51. The maximum absolute atomic E-state index is 13.9. The molecule has 0 fully saturated rings. The molecule has 0 aromatic heterocycles. The van der Waals surface area contributed by atoms with E-state index >= 15 is 0 Å². The largest absolute Gasteiger partial charge is 0.288 e. The topological polar surface area (TPSA) is 17.1 Å². The molecule has 104 valence electrons. The third-order valence-corrected chi connectivity index (χ3v) is 3.96. The van der Waals surface area contributed by atoms with Gasteiger partial charge in [-0.3, -0.25) is 4.79 Å². The van der Waals surface area contributed by atoms with Gasteiger partial charge in [-0.15, -0.1) is 0 Å². The molecule has 0 atom stereocenters. The Morgan fingerprint density at radius 1 is 0.900 bits per heavy atom. The predicted octanol–water partition coefficient (Wildman–Crippen LogP) is 4.60. The van der Waals surface area contributed by atoms with Crippen molar-refractivity contribution in [3.8, 4) is 0 Å². The van der Waals surface area contributed by atoms with Crippen molar-refractivity contribution in [2.45, 2.75) is 34.6 Å². The molecule has 0 unspecified atom stereocenters. The molecule has 0 saturated heterocycles. The van der Waals surface area contributed by atoms with Gasteiger partial charge in [0, 0.05) is 5.56 Å². The third-order valence-electron chi connectivity index (χ3n) is 3.96. The minimum absolute atomic E-state index is 0.154. The van der Waals surface area contributed by atoms with Gasteiger partial charge in [-0.2, -0.15) is 0 Å². The van der Waals surface area contributed by atoms with Crippen LogP contribution in [0.25, 0.3) is 0 Å². The Labute approximate surface area is 119 Å². The fourth-order valence-electron chi connectivity index (χ4n) is 2.51. The number of carbonyl (C=O) groups excluding carboxylic acids is 1. The maximum Gasteiger partial charge on any atom is 0.196 e. The first-order valence-corrected chi connectivity index (χ1v) is 6.71. The molecule has 2 heteroatoms. The SMILES string of the molecule is Cc1ccc(F)c(C(=O)c2c(C)c(C)cc(C)c2C)c1. The lowest BCUT2D eigenvalue weighted by Crippen LogP contribution is -2.11. The standard InChI is InChI=1S/C18H19FO/c1-10-6-7-16(19)15(8-10)18(20)17-13(4)11(2)9-12(3)14(17)5/h6-9H,1-5H3. The monoisotopic (exact) mass is 270 g/mol. The van der Waals surface area contributed by atoms with Crippen molar-refractivity contribution in [3.05, 3.63) is 69.0 Å². The van der Waals surface area contributed by atoms with Crippen molar-refractivity contribution in [2.75, 3.05) is 0 Å². The number of hydrogen-bond acceptors (Lipinski definition) is 1. The van der Waals surface area contributed by atoms with E-state index in [9.17, 15) is 9.18 Å². The zero-order valence-electron chi connectivity index (χ0n) is 12.6. The number of carbonyl (C=O) groups is 1. The molecule has 2 rings (SSSR count). The van der Waals surface area contributed by atoms with Crippen LogP contribution in [-0.4, -0.2) is 5.78 Å². The first-order chi connectivity index (χ1) is 9.32. The van der Waals surface area contributed by atoms with Crippen LogP contribution in [0, 0.1) is 40.4 Å². The Bertz CT molecular complexity index is 673. The second-order valence-corrected chi connectivity index (χ2v) is 5.45. The summed E-state index contributed by atoms with van der Waals surface area (Å²) in [6.45, 7) is 9.65. The molecule has 20 heavy (non-hydrogen) atoms. The van der Waals surface area contributed by atoms with E-state index in [1.807, 2.05) is 34.6 Å². The van der Waals surface area contributed by atoms with Gasteiger partial charge in [0.15, 0.2) is 5.78 Å². The van der Waals surface area contributed by atoms with Gasteiger partial charge in [-0.25, -0.2) is 4.39 Å². The second kappa shape index (κ2) is 5.20. The van der Waals surface area contributed by atoms with Gasteiger partial charge in [0.25, 0.3) is 0 Å². The lowest BCUT2D eigenvalue weighted by Gasteiger charge is -2.15. The molecule has 0 aliphatic rings. The van der Waals surface area contributed by atoms with Gasteiger partial charge < -0.3 is 0 Å². The van der Waals surface area contributed by atoms with Gasteiger partial charge in [0.05, 0.1) is 5.56 Å². The van der Waals surface area contributed by atoms with E-state index in [0.29, 0.717) is 5.56 Å². The summed E-state index contributed by atoms with van der Waals surface area (Å²) < 4.78 is 13.9. The zero-order chi connectivity index (χ0) is 15.0. The molecule has 0 bridgehead atoms. The molecule has 1 nitrogen and oxygen atoms in total. The molecule has 0 amide bonds. The predicted molar refractivity (Wildman–Crippen MR) is 80.0 cm³/mol. The number of benzene rings is 2. The minimum Gasteiger partial charge on any atom is -0.288 e. The van der Waals surface area contributed by atoms with Gasteiger partial charge >= 0.3 is 0 Å². The summed E-state index contributed by atoms with van der Waals surface area (Å²) in [5, 5.41) is 0. The summed E-state index contributed by atoms with van der Waals surface area (Å²) in [4.78, 5) is 12.7. The molecule has 0 N–H and O–H groups in total. The van der Waals surface area contributed by atoms with E-state index in [2.05, 4.69) is 6.07 Å². The van der Waals surface area contributed by atoms with E-state index < -0.39 is 5.82 Å². The van der Waals surface area contributed by atoms with Crippen molar-refractivity contribution in [1.82, 2.24) is 0 Å². The highest BCUT2D eigenvalue weighted by atomic mass is 19.1.